The van der Waals surface area contributed by atoms with E-state index < -0.39 is 47.5 Å². The lowest BCUT2D eigenvalue weighted by molar-refractivity contribution is -0.165. The molecule has 8 rings (SSSR count). The van der Waals surface area contributed by atoms with Gasteiger partial charge >= 0.3 is 5.97 Å². The molecule has 12 heteroatoms. The van der Waals surface area contributed by atoms with E-state index in [9.17, 15) is 24.9 Å². The Kier molecular flexibility index (Phi) is 10.6. The lowest BCUT2D eigenvalue weighted by atomic mass is 9.70. The van der Waals surface area contributed by atoms with Gasteiger partial charge in [0.15, 0.2) is 5.43 Å². The Morgan fingerprint density at radius 2 is 2.00 bits per heavy atom. The zero-order valence-corrected chi connectivity index (χ0v) is 32.7. The number of hydrogen-bond donors (Lipinski definition) is 7. The summed E-state index contributed by atoms with van der Waals surface area (Å²) in [6, 6.07) is 8.03. The van der Waals surface area contributed by atoms with Crippen LogP contribution in [0.25, 0.3) is 11.0 Å². The fraction of sp³-hybridized carbons (Fsp3) is 0.391. The number of fused-ring (bicyclic) bond motifs is 3. The Balaban J connectivity index is 1.41. The van der Waals surface area contributed by atoms with Crippen molar-refractivity contribution in [1.82, 2.24) is 10.6 Å². The van der Waals surface area contributed by atoms with Crippen LogP contribution in [0.4, 0.5) is 0 Å². The topological polar surface area (TPSA) is 203 Å². The van der Waals surface area contributed by atoms with Gasteiger partial charge in [-0.15, -0.1) is 5.92 Å². The van der Waals surface area contributed by atoms with Gasteiger partial charge in [-0.3, -0.25) is 4.79 Å². The molecule has 5 aliphatic rings. The van der Waals surface area contributed by atoms with E-state index in [1.165, 1.54) is 0 Å². The number of benzene rings is 2. The summed E-state index contributed by atoms with van der Waals surface area (Å²) < 4.78 is 20.3. The number of hydrogen-bond acceptors (Lipinski definition) is 12. The number of phenols is 2. The van der Waals surface area contributed by atoms with Crippen LogP contribution in [0, 0.1) is 23.7 Å². The van der Waals surface area contributed by atoms with Crippen molar-refractivity contribution in [2.75, 3.05) is 6.54 Å². The number of ether oxygens (including phenoxy) is 2. The van der Waals surface area contributed by atoms with Gasteiger partial charge < -0.3 is 51.3 Å². The highest BCUT2D eigenvalue weighted by Gasteiger charge is 2.52. The minimum atomic E-state index is -1.25. The van der Waals surface area contributed by atoms with Crippen LogP contribution in [0.5, 0.6) is 17.2 Å². The summed E-state index contributed by atoms with van der Waals surface area (Å²) in [5, 5.41) is 39.5. The molecule has 5 heterocycles. The molecule has 1 fully saturated rings. The van der Waals surface area contributed by atoms with Gasteiger partial charge in [0, 0.05) is 60.2 Å². The Labute approximate surface area is 337 Å². The van der Waals surface area contributed by atoms with E-state index in [0.29, 0.717) is 41.9 Å². The highest BCUT2D eigenvalue weighted by molar-refractivity contribution is 5.92. The van der Waals surface area contributed by atoms with Crippen LogP contribution < -0.4 is 32.3 Å². The van der Waals surface area contributed by atoms with Crippen molar-refractivity contribution in [1.29, 1.82) is 0 Å². The van der Waals surface area contributed by atoms with E-state index in [4.69, 9.17) is 25.4 Å². The standard InChI is InChI=1S/C46H50N4O8/c1-3-32(26-8-4-5-9-26)45(55)57-36-22-34-42(54)40-35(53)21-31(24-51)56-44(40)41-39(28-16-17-49-38(48)20-28)33(27-10-6-12-30(52)19-27)13-7-11-29(46(36,2)58-43(34)41)18-25-14-15-37(47)50-23-25/h3,6,10,12,14-16,19-21,23,26,29,33,36-37,39,49-52,54H,4-5,8-9,11,17-18,22,24,47-48H2,1-2H3. The van der Waals surface area contributed by atoms with Crippen molar-refractivity contribution < 1.29 is 34.0 Å². The van der Waals surface area contributed by atoms with Crippen LogP contribution in [-0.4, -0.2) is 45.7 Å². The first kappa shape index (κ1) is 38.9. The predicted molar refractivity (Wildman–Crippen MR) is 219 cm³/mol. The van der Waals surface area contributed by atoms with Gasteiger partial charge in [-0.2, -0.15) is 0 Å². The Bertz CT molecular complexity index is 2430. The zero-order valence-electron chi connectivity index (χ0n) is 32.7. The molecule has 2 aromatic carbocycles. The molecular formula is C46H50N4O8. The number of dihydropyridines is 2. The van der Waals surface area contributed by atoms with Crippen molar-refractivity contribution in [3.8, 4) is 29.1 Å². The summed E-state index contributed by atoms with van der Waals surface area (Å²) in [4.78, 5) is 28.3. The average Bonchev–Trinajstić information content (AvgIpc) is 3.74. The van der Waals surface area contributed by atoms with Gasteiger partial charge in [0.2, 0.25) is 0 Å². The molecule has 0 amide bonds. The fourth-order valence-electron chi connectivity index (χ4n) is 9.39. The monoisotopic (exact) mass is 786 g/mol. The number of aliphatic hydroxyl groups is 1. The van der Waals surface area contributed by atoms with E-state index in [-0.39, 0.29) is 58.0 Å². The zero-order chi connectivity index (χ0) is 40.7. The fourth-order valence-corrected chi connectivity index (χ4v) is 9.39. The van der Waals surface area contributed by atoms with Crippen LogP contribution in [-0.2, 0) is 22.6 Å². The third-order valence-corrected chi connectivity index (χ3v) is 12.5. The van der Waals surface area contributed by atoms with Crippen LogP contribution in [0.15, 0.2) is 98.7 Å². The maximum absolute atomic E-state index is 14.3. The second kappa shape index (κ2) is 15.8. The lowest BCUT2D eigenvalue weighted by Crippen LogP contribution is -2.56. The van der Waals surface area contributed by atoms with Crippen LogP contribution >= 0.6 is 0 Å². The summed E-state index contributed by atoms with van der Waals surface area (Å²) in [5.74, 6) is 5.28. The lowest BCUT2D eigenvalue weighted by Gasteiger charge is -2.48. The van der Waals surface area contributed by atoms with E-state index in [0.717, 1.165) is 42.9 Å². The van der Waals surface area contributed by atoms with Crippen LogP contribution in [0.2, 0.25) is 0 Å². The number of aliphatic hydroxyl groups excluding tert-OH is 1. The van der Waals surface area contributed by atoms with Gasteiger partial charge in [-0.25, -0.2) is 4.79 Å². The molecule has 0 spiro atoms. The molecule has 12 nitrogen and oxygen atoms in total. The SMILES string of the molecule is CC=C(C(=O)OC1Cc2c3c(c4oc(CO)cc(=O)c4c2O)C(C2=CCNC(N)=C2)C(c2cccc(O)c2)C#CCC(CC2=CNC(N)C=C2)C1(C)O3)C1CCCC1. The smallest absolute Gasteiger partial charge is 0.334 e. The van der Waals surface area contributed by atoms with Crippen molar-refractivity contribution >= 4 is 16.9 Å². The molecule has 1 saturated carbocycles. The molecule has 58 heavy (non-hydrogen) atoms. The van der Waals surface area contributed by atoms with Crippen molar-refractivity contribution in [3.05, 3.63) is 122 Å². The van der Waals surface area contributed by atoms with Gasteiger partial charge in [0.1, 0.15) is 52.3 Å². The number of carbonyl (C=O) groups is 1. The maximum atomic E-state index is 14.3. The number of aromatic hydroxyl groups is 2. The normalized spacial score (nSPS) is 26.9. The van der Waals surface area contributed by atoms with Gasteiger partial charge in [0.05, 0.1) is 17.9 Å². The van der Waals surface area contributed by atoms with Crippen molar-refractivity contribution in [2.45, 2.75) is 95.1 Å². The molecule has 302 valence electrons. The molecule has 6 atom stereocenters. The first-order chi connectivity index (χ1) is 28.0. The minimum absolute atomic E-state index is 0.00550. The summed E-state index contributed by atoms with van der Waals surface area (Å²) in [7, 11) is 0. The Morgan fingerprint density at radius 1 is 1.19 bits per heavy atom. The number of carbonyl (C=O) groups excluding carboxylic acids is 1. The minimum Gasteiger partial charge on any atom is -0.508 e. The number of esters is 1. The first-order valence-electron chi connectivity index (χ1n) is 20.1. The third kappa shape index (κ3) is 7.14. The molecule has 0 saturated heterocycles. The third-order valence-electron chi connectivity index (χ3n) is 12.5. The second-order valence-corrected chi connectivity index (χ2v) is 16.1. The van der Waals surface area contributed by atoms with Gasteiger partial charge in [-0.1, -0.05) is 49.1 Å². The highest BCUT2D eigenvalue weighted by atomic mass is 16.6. The van der Waals surface area contributed by atoms with E-state index in [1.807, 2.05) is 50.4 Å². The number of phenolic OH excluding ortho intramolecular Hbond substituents is 2. The molecule has 1 aliphatic carbocycles. The van der Waals surface area contributed by atoms with Crippen molar-refractivity contribution in [2.24, 2.45) is 23.3 Å². The van der Waals surface area contributed by atoms with Crippen LogP contribution in [0.3, 0.4) is 0 Å². The van der Waals surface area contributed by atoms with Crippen LogP contribution in [0.1, 0.15) is 86.7 Å². The van der Waals surface area contributed by atoms with Gasteiger partial charge in [-0.05, 0) is 80.0 Å². The first-order valence-corrected chi connectivity index (χ1v) is 20.1. The molecule has 6 unspecified atom stereocenters. The second-order valence-electron chi connectivity index (χ2n) is 16.1. The molecule has 1 aromatic heterocycles. The Hall–Kier alpha value is -5.90. The molecule has 4 aliphatic heterocycles. The number of nitrogens with two attached hydrogens (primary N) is 2. The molecule has 2 bridgehead atoms. The number of allylic oxidation sites excluding steroid dienone is 5. The summed E-state index contributed by atoms with van der Waals surface area (Å²) in [5.41, 5.74) is 14.4. The quantitative estimate of drug-likeness (QED) is 0.0875. The van der Waals surface area contributed by atoms with E-state index >= 15 is 0 Å². The number of nitrogens with one attached hydrogen (secondary N) is 2. The summed E-state index contributed by atoms with van der Waals surface area (Å²) in [6.07, 6.45) is 14.7. The van der Waals surface area contributed by atoms with Crippen molar-refractivity contribution in [3.63, 3.8) is 0 Å². The molecule has 3 aromatic rings. The maximum Gasteiger partial charge on any atom is 0.334 e. The molecule has 0 radical (unpaired) electrons. The summed E-state index contributed by atoms with van der Waals surface area (Å²) >= 11 is 0. The Morgan fingerprint density at radius 3 is 2.71 bits per heavy atom. The van der Waals surface area contributed by atoms with E-state index in [2.05, 4.69) is 22.5 Å². The molecule has 9 N–H and O–H groups in total. The largest absolute Gasteiger partial charge is 0.508 e. The molecular weight excluding hydrogens is 737 g/mol. The summed E-state index contributed by atoms with van der Waals surface area (Å²) in [6.45, 7) is 3.60. The highest BCUT2D eigenvalue weighted by Crippen LogP contribution is 2.55. The predicted octanol–water partition coefficient (Wildman–Crippen LogP) is 5.38. The average molecular weight is 787 g/mol. The van der Waals surface area contributed by atoms with E-state index in [1.54, 1.807) is 24.3 Å². The van der Waals surface area contributed by atoms with Gasteiger partial charge in [0.25, 0.3) is 0 Å². The number of rotatable bonds is 8.